The molecule has 0 aromatic heterocycles. The van der Waals surface area contributed by atoms with Crippen molar-refractivity contribution in [2.75, 3.05) is 12.0 Å². The second kappa shape index (κ2) is 7.01. The fraction of sp³-hybridized carbons (Fsp3) is 0.333. The van der Waals surface area contributed by atoms with Gasteiger partial charge in [0.1, 0.15) is 17.8 Å². The van der Waals surface area contributed by atoms with E-state index in [-0.39, 0.29) is 11.5 Å². The van der Waals surface area contributed by atoms with Crippen LogP contribution >= 0.6 is 11.8 Å². The number of amides is 1. The number of carbonyl (C=O) groups is 2. The Hall–Kier alpha value is -1.73. The van der Waals surface area contributed by atoms with E-state index in [4.69, 9.17) is 15.9 Å². The molecule has 0 saturated carbocycles. The van der Waals surface area contributed by atoms with Gasteiger partial charge in [-0.05, 0) is 24.0 Å². The number of phenols is 1. The first-order chi connectivity index (χ1) is 8.95. The molecule has 6 nitrogen and oxygen atoms in total. The highest BCUT2D eigenvalue weighted by Gasteiger charge is 2.23. The summed E-state index contributed by atoms with van der Waals surface area (Å²) in [5, 5.41) is 20.5. The van der Waals surface area contributed by atoms with Crippen molar-refractivity contribution in [2.45, 2.75) is 12.1 Å². The molecular weight excluding hydrogens is 268 g/mol. The highest BCUT2D eigenvalue weighted by Crippen LogP contribution is 2.15. The average molecular weight is 284 g/mol. The molecule has 0 aliphatic carbocycles. The van der Waals surface area contributed by atoms with Gasteiger partial charge in [0.15, 0.2) is 0 Å². The minimum atomic E-state index is -1.10. The number of phenolic OH excluding ortho intramolecular Hbond substituents is 1. The number of hydrogen-bond acceptors (Lipinski definition) is 5. The van der Waals surface area contributed by atoms with Crippen molar-refractivity contribution in [1.82, 2.24) is 5.32 Å². The van der Waals surface area contributed by atoms with Crippen molar-refractivity contribution in [3.63, 3.8) is 0 Å². The van der Waals surface area contributed by atoms with Crippen molar-refractivity contribution in [3.05, 3.63) is 29.8 Å². The number of aliphatic carboxylic acids is 1. The molecule has 0 heterocycles. The van der Waals surface area contributed by atoms with E-state index in [9.17, 15) is 9.59 Å². The number of rotatable bonds is 6. The summed E-state index contributed by atoms with van der Waals surface area (Å²) in [6, 6.07) is 3.93. The Morgan fingerprint density at radius 2 is 1.95 bits per heavy atom. The molecule has 1 aromatic carbocycles. The lowest BCUT2D eigenvalue weighted by molar-refractivity contribution is -0.141. The number of carboxylic acid groups (broad SMARTS) is 1. The average Bonchev–Trinajstić information content (AvgIpc) is 2.38. The molecule has 1 rings (SSSR count). The van der Waals surface area contributed by atoms with Crippen LogP contribution < -0.4 is 11.1 Å². The summed E-state index contributed by atoms with van der Waals surface area (Å²) in [5.74, 6) is -1.32. The number of benzene rings is 1. The Kier molecular flexibility index (Phi) is 5.65. The Bertz CT molecular complexity index is 450. The van der Waals surface area contributed by atoms with Gasteiger partial charge in [-0.3, -0.25) is 4.79 Å². The Balaban J connectivity index is 2.71. The van der Waals surface area contributed by atoms with Crippen molar-refractivity contribution in [3.8, 4) is 5.75 Å². The van der Waals surface area contributed by atoms with E-state index >= 15 is 0 Å². The molecule has 0 aliphatic heterocycles. The lowest BCUT2D eigenvalue weighted by Crippen LogP contribution is -2.46. The number of nitrogens with one attached hydrogen (secondary N) is 1. The molecular formula is C12H16N2O4S. The van der Waals surface area contributed by atoms with E-state index in [1.165, 1.54) is 36.0 Å². The predicted octanol–water partition coefficient (Wildman–Crippen LogP) is 0.324. The third kappa shape index (κ3) is 4.46. The first-order valence-electron chi connectivity index (χ1n) is 5.52. The van der Waals surface area contributed by atoms with Crippen LogP contribution in [0.2, 0.25) is 0 Å². The van der Waals surface area contributed by atoms with E-state index in [2.05, 4.69) is 5.32 Å². The lowest BCUT2D eigenvalue weighted by Gasteiger charge is -2.17. The quantitative estimate of drug-likeness (QED) is 0.598. The minimum absolute atomic E-state index is 0.0714. The SMILES string of the molecule is CSC[C@H](NC(=O)[C@H](N)c1ccc(O)cc1)C(=O)O. The van der Waals surface area contributed by atoms with Crippen LogP contribution in [0, 0.1) is 0 Å². The molecule has 104 valence electrons. The van der Waals surface area contributed by atoms with Crippen LogP contribution in [0.15, 0.2) is 24.3 Å². The van der Waals surface area contributed by atoms with Gasteiger partial charge in [0.05, 0.1) is 0 Å². The molecule has 1 aromatic rings. The molecule has 5 N–H and O–H groups in total. The summed E-state index contributed by atoms with van der Waals surface area (Å²) < 4.78 is 0. The molecule has 0 fully saturated rings. The monoisotopic (exact) mass is 284 g/mol. The first kappa shape index (κ1) is 15.3. The fourth-order valence-corrected chi connectivity index (χ4v) is 2.00. The van der Waals surface area contributed by atoms with Crippen molar-refractivity contribution in [2.24, 2.45) is 5.73 Å². The van der Waals surface area contributed by atoms with Crippen molar-refractivity contribution in [1.29, 1.82) is 0 Å². The maximum Gasteiger partial charge on any atom is 0.327 e. The topological polar surface area (TPSA) is 113 Å². The number of carbonyl (C=O) groups excluding carboxylic acids is 1. The summed E-state index contributed by atoms with van der Waals surface area (Å²) in [6.45, 7) is 0. The predicted molar refractivity (Wildman–Crippen MR) is 73.0 cm³/mol. The molecule has 0 saturated heterocycles. The van der Waals surface area contributed by atoms with Gasteiger partial charge in [0.2, 0.25) is 5.91 Å². The zero-order valence-electron chi connectivity index (χ0n) is 10.4. The molecule has 2 atom stereocenters. The zero-order chi connectivity index (χ0) is 14.4. The van der Waals surface area contributed by atoms with Crippen LogP contribution in [0.25, 0.3) is 0 Å². The summed E-state index contributed by atoms with van der Waals surface area (Å²) in [4.78, 5) is 22.8. The number of thioether (sulfide) groups is 1. The van der Waals surface area contributed by atoms with Crippen LogP contribution in [-0.2, 0) is 9.59 Å². The standard InChI is InChI=1S/C12H16N2O4S/c1-19-6-9(12(17)18)14-11(16)10(13)7-2-4-8(15)5-3-7/h2-5,9-10,15H,6,13H2,1H3,(H,14,16)(H,17,18)/t9-,10+/m0/s1. The van der Waals surface area contributed by atoms with E-state index < -0.39 is 24.0 Å². The highest BCUT2D eigenvalue weighted by atomic mass is 32.2. The normalized spacial score (nSPS) is 13.6. The Morgan fingerprint density at radius 3 is 2.42 bits per heavy atom. The smallest absolute Gasteiger partial charge is 0.327 e. The molecule has 0 radical (unpaired) electrons. The van der Waals surface area contributed by atoms with Gasteiger partial charge in [-0.25, -0.2) is 4.79 Å². The van der Waals surface area contributed by atoms with Gasteiger partial charge in [-0.2, -0.15) is 11.8 Å². The summed E-state index contributed by atoms with van der Waals surface area (Å²) in [7, 11) is 0. The lowest BCUT2D eigenvalue weighted by atomic mass is 10.1. The number of aromatic hydroxyl groups is 1. The largest absolute Gasteiger partial charge is 0.508 e. The third-order valence-electron chi connectivity index (χ3n) is 2.48. The molecule has 1 amide bonds. The maximum atomic E-state index is 11.8. The van der Waals surface area contributed by atoms with Crippen LogP contribution in [0.4, 0.5) is 0 Å². The summed E-state index contributed by atoms with van der Waals surface area (Å²) >= 11 is 1.32. The van der Waals surface area contributed by atoms with Crippen molar-refractivity contribution >= 4 is 23.6 Å². The van der Waals surface area contributed by atoms with Crippen LogP contribution in [0.3, 0.4) is 0 Å². The van der Waals surface area contributed by atoms with Crippen LogP contribution in [0.1, 0.15) is 11.6 Å². The Morgan fingerprint density at radius 1 is 1.37 bits per heavy atom. The molecule has 0 spiro atoms. The second-order valence-corrected chi connectivity index (χ2v) is 4.83. The zero-order valence-corrected chi connectivity index (χ0v) is 11.2. The first-order valence-corrected chi connectivity index (χ1v) is 6.91. The molecule has 0 bridgehead atoms. The van der Waals surface area contributed by atoms with Gasteiger partial charge in [0.25, 0.3) is 0 Å². The van der Waals surface area contributed by atoms with E-state index in [0.29, 0.717) is 5.56 Å². The van der Waals surface area contributed by atoms with E-state index in [0.717, 1.165) is 0 Å². The molecule has 0 aliphatic rings. The molecule has 7 heteroatoms. The molecule has 0 unspecified atom stereocenters. The fourth-order valence-electron chi connectivity index (χ4n) is 1.44. The third-order valence-corrected chi connectivity index (χ3v) is 3.15. The van der Waals surface area contributed by atoms with Gasteiger partial charge in [-0.1, -0.05) is 12.1 Å². The van der Waals surface area contributed by atoms with Crippen LogP contribution in [0.5, 0.6) is 5.75 Å². The molecule has 19 heavy (non-hydrogen) atoms. The maximum absolute atomic E-state index is 11.8. The van der Waals surface area contributed by atoms with Crippen molar-refractivity contribution < 1.29 is 19.8 Å². The van der Waals surface area contributed by atoms with Gasteiger partial charge < -0.3 is 21.3 Å². The van der Waals surface area contributed by atoms with Gasteiger partial charge >= 0.3 is 5.97 Å². The summed E-state index contributed by atoms with van der Waals surface area (Å²) in [5.41, 5.74) is 6.24. The summed E-state index contributed by atoms with van der Waals surface area (Å²) in [6.07, 6.45) is 1.75. The Labute approximate surface area is 115 Å². The van der Waals surface area contributed by atoms with E-state index in [1.54, 1.807) is 6.26 Å². The van der Waals surface area contributed by atoms with E-state index in [1.807, 2.05) is 0 Å². The van der Waals surface area contributed by atoms with Crippen LogP contribution in [-0.4, -0.2) is 40.1 Å². The highest BCUT2D eigenvalue weighted by molar-refractivity contribution is 7.98. The number of hydrogen-bond donors (Lipinski definition) is 4. The van der Waals surface area contributed by atoms with Gasteiger partial charge in [0, 0.05) is 5.75 Å². The van der Waals surface area contributed by atoms with Gasteiger partial charge in [-0.15, -0.1) is 0 Å². The second-order valence-electron chi connectivity index (χ2n) is 3.92. The minimum Gasteiger partial charge on any atom is -0.508 e. The number of carboxylic acids is 1. The number of nitrogens with two attached hydrogens (primary N) is 1.